The van der Waals surface area contributed by atoms with Gasteiger partial charge < -0.3 is 16.2 Å². The predicted octanol–water partition coefficient (Wildman–Crippen LogP) is 0.767. The zero-order valence-electron chi connectivity index (χ0n) is 17.5. The number of aliphatic carboxylic acids is 1. The summed E-state index contributed by atoms with van der Waals surface area (Å²) in [6.45, 7) is 7.52. The first-order chi connectivity index (χ1) is 13.2. The molecule has 0 aliphatic heterocycles. The first-order valence-corrected chi connectivity index (χ1v) is 12.5. The maximum atomic E-state index is 11.3. The van der Waals surface area contributed by atoms with E-state index in [1.54, 1.807) is 0 Å². The molecule has 0 aromatic heterocycles. The summed E-state index contributed by atoms with van der Waals surface area (Å²) in [6, 6.07) is 0. The normalized spacial score (nSPS) is 11.2. The summed E-state index contributed by atoms with van der Waals surface area (Å²) >= 11 is 0. The van der Waals surface area contributed by atoms with E-state index < -0.39 is 32.0 Å². The second-order valence-electron chi connectivity index (χ2n) is 6.02. The Morgan fingerprint density at radius 2 is 1.21 bits per heavy atom. The van der Waals surface area contributed by atoms with Crippen molar-refractivity contribution in [3.63, 3.8) is 0 Å². The summed E-state index contributed by atoms with van der Waals surface area (Å²) < 4.78 is 56.4. The van der Waals surface area contributed by atoms with E-state index in [2.05, 4.69) is 5.32 Å². The van der Waals surface area contributed by atoms with Gasteiger partial charge in [0.05, 0.1) is 17.4 Å². The van der Waals surface area contributed by atoms with Gasteiger partial charge in [-0.05, 0) is 25.7 Å². The van der Waals surface area contributed by atoms with Gasteiger partial charge in [0, 0.05) is 19.0 Å². The fourth-order valence-corrected chi connectivity index (χ4v) is 2.55. The molecule has 29 heavy (non-hydrogen) atoms. The number of carboxylic acid groups (broad SMARTS) is 1. The van der Waals surface area contributed by atoms with Crippen LogP contribution in [-0.4, -0.2) is 67.5 Å². The van der Waals surface area contributed by atoms with Crippen LogP contribution in [0.25, 0.3) is 0 Å². The third kappa shape index (κ3) is 24.7. The molecule has 11 nitrogen and oxygen atoms in total. The zero-order valence-corrected chi connectivity index (χ0v) is 19.1. The predicted molar refractivity (Wildman–Crippen MR) is 111 cm³/mol. The Morgan fingerprint density at radius 1 is 0.828 bits per heavy atom. The average Bonchev–Trinajstić information content (AvgIpc) is 2.55. The Morgan fingerprint density at radius 3 is 1.38 bits per heavy atom. The van der Waals surface area contributed by atoms with Crippen LogP contribution in [0.3, 0.4) is 0 Å². The highest BCUT2D eigenvalue weighted by Crippen LogP contribution is 2.06. The second-order valence-corrected chi connectivity index (χ2v) is 9.16. The monoisotopic (exact) mass is 464 g/mol. The average molecular weight is 465 g/mol. The van der Waals surface area contributed by atoms with Gasteiger partial charge in [0.2, 0.25) is 5.91 Å². The smallest absolute Gasteiger partial charge is 0.306 e. The van der Waals surface area contributed by atoms with Crippen molar-refractivity contribution in [2.45, 2.75) is 53.4 Å². The largest absolute Gasteiger partial charge is 0.481 e. The number of carbonyl (C=O) groups is 2. The standard InChI is InChI=1S/C8H17NO4S.C6H12O2.C2H7NO3S/c1-3-7(4-2)8(10)9-5-6-14(11,12)13;1-3-5(4-2)6(7)8;3-1-2-7(4,5)6/h7H,3-6H2,1-2H3,(H,9,10)(H,11,12,13);5H,3-4H2,1-2H3,(H,7,8);1-3H2,(H,4,5,6). The van der Waals surface area contributed by atoms with E-state index in [-0.39, 0.29) is 36.6 Å². The third-order valence-electron chi connectivity index (χ3n) is 3.73. The minimum Gasteiger partial charge on any atom is -0.481 e. The summed E-state index contributed by atoms with van der Waals surface area (Å²) in [5.41, 5.74) is 4.78. The molecule has 176 valence electrons. The molecule has 6 N–H and O–H groups in total. The first kappa shape index (κ1) is 32.4. The molecule has 0 saturated heterocycles. The number of rotatable bonds is 11. The molecule has 0 atom stereocenters. The van der Waals surface area contributed by atoms with Crippen LogP contribution in [0, 0.1) is 11.8 Å². The van der Waals surface area contributed by atoms with Crippen molar-refractivity contribution in [3.05, 3.63) is 0 Å². The fourth-order valence-electron chi connectivity index (χ4n) is 1.89. The molecule has 0 aromatic rings. The Hall–Kier alpha value is -1.28. The van der Waals surface area contributed by atoms with Gasteiger partial charge in [0.25, 0.3) is 20.2 Å². The highest BCUT2D eigenvalue weighted by atomic mass is 32.2. The Labute approximate surface area is 173 Å². The van der Waals surface area contributed by atoms with E-state index in [9.17, 15) is 26.4 Å². The lowest BCUT2D eigenvalue weighted by Crippen LogP contribution is -2.33. The maximum absolute atomic E-state index is 11.3. The quantitative estimate of drug-likeness (QED) is 0.272. The van der Waals surface area contributed by atoms with Crippen LogP contribution >= 0.6 is 0 Å². The number of amides is 1. The number of carbonyl (C=O) groups excluding carboxylic acids is 1. The topological polar surface area (TPSA) is 201 Å². The molecule has 0 unspecified atom stereocenters. The summed E-state index contributed by atoms with van der Waals surface area (Å²) in [5.74, 6) is -1.81. The number of carboxylic acids is 1. The maximum Gasteiger partial charge on any atom is 0.306 e. The summed E-state index contributed by atoms with van der Waals surface area (Å²) in [5, 5.41) is 10.8. The molecule has 0 radical (unpaired) electrons. The van der Waals surface area contributed by atoms with Gasteiger partial charge in [0.15, 0.2) is 0 Å². The lowest BCUT2D eigenvalue weighted by molar-refractivity contribution is -0.141. The van der Waals surface area contributed by atoms with Gasteiger partial charge in [-0.2, -0.15) is 16.8 Å². The Kier molecular flexibility index (Phi) is 19.6. The molecule has 0 saturated carbocycles. The van der Waals surface area contributed by atoms with E-state index in [1.165, 1.54) is 0 Å². The molecule has 0 aliphatic carbocycles. The van der Waals surface area contributed by atoms with Crippen LogP contribution in [0.4, 0.5) is 0 Å². The van der Waals surface area contributed by atoms with Crippen molar-refractivity contribution in [1.82, 2.24) is 5.32 Å². The molecule has 0 aromatic carbocycles. The van der Waals surface area contributed by atoms with Crippen molar-refractivity contribution in [2.24, 2.45) is 17.6 Å². The highest BCUT2D eigenvalue weighted by Gasteiger charge is 2.14. The van der Waals surface area contributed by atoms with Gasteiger partial charge in [0.1, 0.15) is 0 Å². The van der Waals surface area contributed by atoms with Gasteiger partial charge >= 0.3 is 5.97 Å². The molecule has 0 fully saturated rings. The second kappa shape index (κ2) is 17.6. The van der Waals surface area contributed by atoms with Gasteiger partial charge in [-0.3, -0.25) is 18.7 Å². The molecule has 13 heteroatoms. The third-order valence-corrected chi connectivity index (χ3v) is 5.20. The molecule has 0 spiro atoms. The first-order valence-electron chi connectivity index (χ1n) is 9.29. The molecule has 0 heterocycles. The van der Waals surface area contributed by atoms with Gasteiger partial charge in [-0.1, -0.05) is 27.7 Å². The Balaban J connectivity index is -0.000000383. The summed E-state index contributed by atoms with van der Waals surface area (Å²) in [4.78, 5) is 21.5. The van der Waals surface area contributed by atoms with Crippen LogP contribution in [0.1, 0.15) is 53.4 Å². The molecule has 0 aliphatic rings. The van der Waals surface area contributed by atoms with E-state index in [4.69, 9.17) is 19.9 Å². The minimum atomic E-state index is -3.97. The zero-order chi connectivity index (χ0) is 23.7. The highest BCUT2D eigenvalue weighted by molar-refractivity contribution is 7.86. The molecule has 1 amide bonds. The Bertz CT molecular complexity index is 641. The van der Waals surface area contributed by atoms with Crippen molar-refractivity contribution in [3.8, 4) is 0 Å². The van der Waals surface area contributed by atoms with Crippen molar-refractivity contribution in [2.75, 3.05) is 24.6 Å². The number of hydrogen-bond donors (Lipinski definition) is 5. The summed E-state index contributed by atoms with van der Waals surface area (Å²) in [6.07, 6.45) is 2.94. The molecule has 0 bridgehead atoms. The lowest BCUT2D eigenvalue weighted by atomic mass is 10.0. The van der Waals surface area contributed by atoms with Gasteiger partial charge in [-0.15, -0.1) is 0 Å². The van der Waals surface area contributed by atoms with Crippen LogP contribution in [0.15, 0.2) is 0 Å². The van der Waals surface area contributed by atoms with Gasteiger partial charge in [-0.25, -0.2) is 0 Å². The van der Waals surface area contributed by atoms with Crippen molar-refractivity contribution in [1.29, 1.82) is 0 Å². The van der Waals surface area contributed by atoms with Crippen molar-refractivity contribution < 1.29 is 40.6 Å². The minimum absolute atomic E-state index is 0.0289. The van der Waals surface area contributed by atoms with Crippen LogP contribution < -0.4 is 11.1 Å². The van der Waals surface area contributed by atoms with Crippen LogP contribution in [0.5, 0.6) is 0 Å². The lowest BCUT2D eigenvalue weighted by Gasteiger charge is -2.11. The van der Waals surface area contributed by atoms with Crippen LogP contribution in [-0.2, 0) is 29.8 Å². The molecular formula is C16H36N2O9S2. The molecular weight excluding hydrogens is 428 g/mol. The van der Waals surface area contributed by atoms with E-state index in [0.717, 1.165) is 25.7 Å². The van der Waals surface area contributed by atoms with E-state index >= 15 is 0 Å². The van der Waals surface area contributed by atoms with E-state index in [1.807, 2.05) is 27.7 Å². The fraction of sp³-hybridized carbons (Fsp3) is 0.875. The van der Waals surface area contributed by atoms with Crippen molar-refractivity contribution >= 4 is 32.1 Å². The van der Waals surface area contributed by atoms with Crippen LogP contribution in [0.2, 0.25) is 0 Å². The summed E-state index contributed by atoms with van der Waals surface area (Å²) in [7, 11) is -7.77. The molecule has 0 rings (SSSR count). The SMILES string of the molecule is CCC(CC)C(=O)NCCS(=O)(=O)O.CCC(CC)C(=O)O.NCCS(=O)(=O)O. The number of hydrogen-bond acceptors (Lipinski definition) is 7. The number of nitrogens with two attached hydrogens (primary N) is 1. The number of nitrogens with one attached hydrogen (secondary N) is 1. The van der Waals surface area contributed by atoms with E-state index in [0.29, 0.717) is 0 Å².